The van der Waals surface area contributed by atoms with E-state index in [9.17, 15) is 0 Å². The van der Waals surface area contributed by atoms with Crippen LogP contribution in [0.2, 0.25) is 10.0 Å². The number of ether oxygens (including phenoxy) is 1. The van der Waals surface area contributed by atoms with Crippen LogP contribution < -0.4 is 0 Å². The molecule has 28 heavy (non-hydrogen) atoms. The summed E-state index contributed by atoms with van der Waals surface area (Å²) >= 11 is 12.0. The van der Waals surface area contributed by atoms with Gasteiger partial charge in [-0.2, -0.15) is 10.1 Å². The number of halogens is 2. The quantitative estimate of drug-likeness (QED) is 0.463. The van der Waals surface area contributed by atoms with Crippen LogP contribution in [-0.2, 0) is 17.9 Å². The van der Waals surface area contributed by atoms with Crippen molar-refractivity contribution < 1.29 is 9.26 Å². The van der Waals surface area contributed by atoms with Crippen LogP contribution in [0.15, 0.2) is 59.1 Å². The zero-order valence-corrected chi connectivity index (χ0v) is 16.1. The van der Waals surface area contributed by atoms with E-state index in [1.54, 1.807) is 12.1 Å². The maximum atomic E-state index is 6.04. The Hall–Kier alpha value is -2.67. The van der Waals surface area contributed by atoms with E-state index in [4.69, 9.17) is 32.5 Å². The van der Waals surface area contributed by atoms with E-state index in [0.717, 1.165) is 16.8 Å². The van der Waals surface area contributed by atoms with Crippen molar-refractivity contribution in [3.05, 3.63) is 75.9 Å². The molecular formula is C20H14Cl2N4O2. The summed E-state index contributed by atoms with van der Waals surface area (Å²) in [5.74, 6) is 0.832. The minimum Gasteiger partial charge on any atom is -0.365 e. The fourth-order valence-corrected chi connectivity index (χ4v) is 3.50. The number of rotatable bonds is 3. The molecular weight excluding hydrogens is 399 g/mol. The summed E-state index contributed by atoms with van der Waals surface area (Å²) < 4.78 is 13.3. The maximum Gasteiger partial charge on any atom is 0.278 e. The highest BCUT2D eigenvalue weighted by atomic mass is 35.5. The zero-order valence-electron chi connectivity index (χ0n) is 14.5. The van der Waals surface area contributed by atoms with Gasteiger partial charge >= 0.3 is 0 Å². The standard InChI is InChI=1S/C20H14Cl2N4O2/c21-14-6-4-12(5-7-14)18-10-26-16(11-27-18)9-17(24-26)20-23-19(25-28-20)13-2-1-3-15(22)8-13/h1-9,18H,10-11H2/t18-/m0/s1. The molecule has 0 amide bonds. The van der Waals surface area contributed by atoms with Crippen LogP contribution in [0.5, 0.6) is 0 Å². The Morgan fingerprint density at radius 2 is 1.86 bits per heavy atom. The minimum atomic E-state index is -0.0813. The number of fused-ring (bicyclic) bond motifs is 1. The van der Waals surface area contributed by atoms with Crippen LogP contribution in [0.3, 0.4) is 0 Å². The van der Waals surface area contributed by atoms with Crippen molar-refractivity contribution in [1.82, 2.24) is 19.9 Å². The third kappa shape index (κ3) is 3.30. The number of benzene rings is 2. The van der Waals surface area contributed by atoms with Gasteiger partial charge in [0.05, 0.1) is 18.8 Å². The zero-order chi connectivity index (χ0) is 19.1. The van der Waals surface area contributed by atoms with Crippen molar-refractivity contribution >= 4 is 23.2 Å². The monoisotopic (exact) mass is 412 g/mol. The van der Waals surface area contributed by atoms with Crippen LogP contribution in [-0.4, -0.2) is 19.9 Å². The Labute approximate surface area is 170 Å². The molecule has 0 saturated carbocycles. The first-order valence-corrected chi connectivity index (χ1v) is 9.45. The van der Waals surface area contributed by atoms with E-state index in [1.165, 1.54) is 0 Å². The van der Waals surface area contributed by atoms with Gasteiger partial charge in [0.1, 0.15) is 6.10 Å². The average molecular weight is 413 g/mol. The van der Waals surface area contributed by atoms with Crippen molar-refractivity contribution in [3.63, 3.8) is 0 Å². The summed E-state index contributed by atoms with van der Waals surface area (Å²) in [7, 11) is 0. The van der Waals surface area contributed by atoms with E-state index in [2.05, 4.69) is 15.2 Å². The molecule has 0 N–H and O–H groups in total. The Morgan fingerprint density at radius 3 is 2.68 bits per heavy atom. The highest BCUT2D eigenvalue weighted by Gasteiger charge is 2.24. The Balaban J connectivity index is 1.40. The highest BCUT2D eigenvalue weighted by molar-refractivity contribution is 6.31. The van der Waals surface area contributed by atoms with Gasteiger partial charge in [-0.25, -0.2) is 0 Å². The van der Waals surface area contributed by atoms with Crippen molar-refractivity contribution in [1.29, 1.82) is 0 Å². The number of nitrogens with zero attached hydrogens (tertiary/aromatic N) is 4. The summed E-state index contributed by atoms with van der Waals surface area (Å²) in [5, 5.41) is 9.99. The molecule has 0 fully saturated rings. The van der Waals surface area contributed by atoms with Crippen LogP contribution in [0, 0.1) is 0 Å². The smallest absolute Gasteiger partial charge is 0.278 e. The molecule has 1 aliphatic heterocycles. The van der Waals surface area contributed by atoms with Crippen molar-refractivity contribution in [2.45, 2.75) is 19.3 Å². The normalized spacial score (nSPS) is 16.1. The van der Waals surface area contributed by atoms with Crippen molar-refractivity contribution in [3.8, 4) is 23.0 Å². The molecule has 2 aromatic heterocycles. The number of aromatic nitrogens is 4. The summed E-state index contributed by atoms with van der Waals surface area (Å²) in [6, 6.07) is 16.9. The van der Waals surface area contributed by atoms with E-state index < -0.39 is 0 Å². The lowest BCUT2D eigenvalue weighted by atomic mass is 10.1. The van der Waals surface area contributed by atoms with Crippen LogP contribution in [0.25, 0.3) is 23.0 Å². The molecule has 0 unspecified atom stereocenters. The van der Waals surface area contributed by atoms with E-state index in [1.807, 2.05) is 47.1 Å². The highest BCUT2D eigenvalue weighted by Crippen LogP contribution is 2.30. The molecule has 3 heterocycles. The van der Waals surface area contributed by atoms with Gasteiger partial charge in [0.2, 0.25) is 5.82 Å². The van der Waals surface area contributed by atoms with Crippen molar-refractivity contribution in [2.75, 3.05) is 0 Å². The number of hydrogen-bond acceptors (Lipinski definition) is 5. The molecule has 1 atom stereocenters. The van der Waals surface area contributed by atoms with Gasteiger partial charge in [-0.1, -0.05) is 52.6 Å². The third-order valence-corrected chi connectivity index (χ3v) is 5.09. The van der Waals surface area contributed by atoms with Crippen LogP contribution >= 0.6 is 23.2 Å². The molecule has 1 aliphatic rings. The van der Waals surface area contributed by atoms with Gasteiger partial charge < -0.3 is 9.26 Å². The van der Waals surface area contributed by atoms with E-state index >= 15 is 0 Å². The summed E-state index contributed by atoms with van der Waals surface area (Å²) in [4.78, 5) is 4.45. The second-order valence-electron chi connectivity index (χ2n) is 6.49. The fraction of sp³-hybridized carbons (Fsp3) is 0.150. The first-order valence-electron chi connectivity index (χ1n) is 8.69. The SMILES string of the molecule is Clc1ccc([C@@H]2Cn3nc(-c4nc(-c5cccc(Cl)c5)no4)cc3CO2)cc1. The van der Waals surface area contributed by atoms with Crippen molar-refractivity contribution in [2.24, 2.45) is 0 Å². The average Bonchev–Trinajstić information content (AvgIpc) is 3.35. The lowest BCUT2D eigenvalue weighted by Crippen LogP contribution is -2.21. The number of hydrogen-bond donors (Lipinski definition) is 0. The second-order valence-corrected chi connectivity index (χ2v) is 7.36. The molecule has 0 bridgehead atoms. The Kier molecular flexibility index (Phi) is 4.39. The lowest BCUT2D eigenvalue weighted by Gasteiger charge is -2.24. The summed E-state index contributed by atoms with van der Waals surface area (Å²) in [6.07, 6.45) is -0.0813. The first-order chi connectivity index (χ1) is 13.7. The summed E-state index contributed by atoms with van der Waals surface area (Å²) in [5.41, 5.74) is 3.43. The Bertz CT molecular complexity index is 1140. The molecule has 0 saturated heterocycles. The molecule has 2 aromatic carbocycles. The van der Waals surface area contributed by atoms with Gasteiger partial charge in [-0.15, -0.1) is 0 Å². The molecule has 5 rings (SSSR count). The Morgan fingerprint density at radius 1 is 1.00 bits per heavy atom. The molecule has 140 valence electrons. The van der Waals surface area contributed by atoms with Gasteiger partial charge in [-0.3, -0.25) is 4.68 Å². The topological polar surface area (TPSA) is 66.0 Å². The minimum absolute atomic E-state index is 0.0813. The fourth-order valence-electron chi connectivity index (χ4n) is 3.18. The maximum absolute atomic E-state index is 6.04. The van der Waals surface area contributed by atoms with E-state index in [-0.39, 0.29) is 6.10 Å². The molecule has 0 radical (unpaired) electrons. The van der Waals surface area contributed by atoms with Gasteiger partial charge in [0.25, 0.3) is 5.89 Å². The van der Waals surface area contributed by atoms with Gasteiger partial charge in [-0.05, 0) is 35.9 Å². The van der Waals surface area contributed by atoms with Crippen LogP contribution in [0.4, 0.5) is 0 Å². The van der Waals surface area contributed by atoms with E-state index in [0.29, 0.717) is 40.6 Å². The molecule has 8 heteroatoms. The molecule has 6 nitrogen and oxygen atoms in total. The second kappa shape index (κ2) is 7.05. The first kappa shape index (κ1) is 17.4. The summed E-state index contributed by atoms with van der Waals surface area (Å²) in [6.45, 7) is 1.06. The predicted molar refractivity (Wildman–Crippen MR) is 105 cm³/mol. The van der Waals surface area contributed by atoms with Gasteiger partial charge in [0.15, 0.2) is 5.69 Å². The predicted octanol–water partition coefficient (Wildman–Crippen LogP) is 5.18. The van der Waals surface area contributed by atoms with Gasteiger partial charge in [0, 0.05) is 15.6 Å². The molecule has 0 spiro atoms. The lowest BCUT2D eigenvalue weighted by molar-refractivity contribution is -0.00112. The largest absolute Gasteiger partial charge is 0.365 e. The third-order valence-electron chi connectivity index (χ3n) is 4.60. The molecule has 0 aliphatic carbocycles. The molecule has 4 aromatic rings. The van der Waals surface area contributed by atoms with Crippen LogP contribution in [0.1, 0.15) is 17.4 Å².